The van der Waals surface area contributed by atoms with Crippen LogP contribution in [0.25, 0.3) is 11.4 Å². The second-order valence-electron chi connectivity index (χ2n) is 8.41. The van der Waals surface area contributed by atoms with Gasteiger partial charge in [0, 0.05) is 17.8 Å². The van der Waals surface area contributed by atoms with Gasteiger partial charge in [0.2, 0.25) is 5.91 Å². The van der Waals surface area contributed by atoms with Gasteiger partial charge < -0.3 is 10.1 Å². The molecule has 0 aliphatic heterocycles. The standard InChI is InChI=1S/C26H30N4O2S/c1-4-15-30-25(20-11-13-22(14-12-20)32-21-7-5-6-8-21)28-29-26(30)33-17-24(31)27-23-16-18(2)9-10-19(23)3/h4,9-14,16,21H,1,5-8,15,17H2,2-3H3,(H,27,31). The zero-order valence-electron chi connectivity index (χ0n) is 19.2. The summed E-state index contributed by atoms with van der Waals surface area (Å²) in [4.78, 5) is 12.6. The topological polar surface area (TPSA) is 69.0 Å². The van der Waals surface area contributed by atoms with Crippen LogP contribution >= 0.6 is 11.8 Å². The van der Waals surface area contributed by atoms with Crippen molar-refractivity contribution >= 4 is 23.4 Å². The van der Waals surface area contributed by atoms with E-state index in [1.165, 1.54) is 24.6 Å². The highest BCUT2D eigenvalue weighted by molar-refractivity contribution is 7.99. The number of rotatable bonds is 9. The van der Waals surface area contributed by atoms with Crippen molar-refractivity contribution in [3.8, 4) is 17.1 Å². The van der Waals surface area contributed by atoms with E-state index < -0.39 is 0 Å². The third kappa shape index (κ3) is 5.85. The molecule has 0 radical (unpaired) electrons. The first kappa shape index (κ1) is 23.1. The number of aryl methyl sites for hydroxylation is 2. The minimum absolute atomic E-state index is 0.0724. The minimum atomic E-state index is -0.0724. The van der Waals surface area contributed by atoms with Crippen LogP contribution in [0.1, 0.15) is 36.8 Å². The average Bonchev–Trinajstić information content (AvgIpc) is 3.46. The van der Waals surface area contributed by atoms with Crippen LogP contribution in [0, 0.1) is 13.8 Å². The number of thioether (sulfide) groups is 1. The number of allylic oxidation sites excluding steroid dienone is 1. The summed E-state index contributed by atoms with van der Waals surface area (Å²) in [6.45, 7) is 8.42. The fourth-order valence-corrected chi connectivity index (χ4v) is 4.72. The molecule has 3 aromatic rings. The Balaban J connectivity index is 1.43. The molecule has 1 heterocycles. The number of nitrogens with one attached hydrogen (secondary N) is 1. The van der Waals surface area contributed by atoms with Gasteiger partial charge in [-0.25, -0.2) is 0 Å². The normalized spacial score (nSPS) is 13.8. The van der Waals surface area contributed by atoms with Gasteiger partial charge in [0.25, 0.3) is 0 Å². The third-order valence-electron chi connectivity index (χ3n) is 5.75. The molecular formula is C26H30N4O2S. The van der Waals surface area contributed by atoms with E-state index in [1.54, 1.807) is 0 Å². The Morgan fingerprint density at radius 2 is 1.94 bits per heavy atom. The van der Waals surface area contributed by atoms with Crippen molar-refractivity contribution < 1.29 is 9.53 Å². The van der Waals surface area contributed by atoms with Gasteiger partial charge in [-0.1, -0.05) is 30.0 Å². The SMILES string of the molecule is C=CCn1c(SCC(=O)Nc2cc(C)ccc2C)nnc1-c1ccc(OC2CCCC2)cc1. The van der Waals surface area contributed by atoms with Crippen LogP contribution in [0.3, 0.4) is 0 Å². The van der Waals surface area contributed by atoms with Crippen LogP contribution < -0.4 is 10.1 Å². The number of carbonyl (C=O) groups excluding carboxylic acids is 1. The second-order valence-corrected chi connectivity index (χ2v) is 9.35. The Hall–Kier alpha value is -3.06. The van der Waals surface area contributed by atoms with Gasteiger partial charge >= 0.3 is 0 Å². The Morgan fingerprint density at radius 1 is 1.18 bits per heavy atom. The molecule has 1 fully saturated rings. The molecule has 1 amide bonds. The second kappa shape index (κ2) is 10.7. The molecule has 1 aromatic heterocycles. The maximum absolute atomic E-state index is 12.6. The van der Waals surface area contributed by atoms with E-state index in [0.717, 1.165) is 46.8 Å². The summed E-state index contributed by atoms with van der Waals surface area (Å²) in [7, 11) is 0. The number of nitrogens with zero attached hydrogens (tertiary/aromatic N) is 3. The molecule has 172 valence electrons. The number of hydrogen-bond donors (Lipinski definition) is 1. The molecule has 2 aromatic carbocycles. The van der Waals surface area contributed by atoms with Crippen LogP contribution in [-0.4, -0.2) is 32.5 Å². The average molecular weight is 463 g/mol. The third-order valence-corrected chi connectivity index (χ3v) is 6.71. The Labute approximate surface area is 199 Å². The lowest BCUT2D eigenvalue weighted by atomic mass is 10.1. The van der Waals surface area contributed by atoms with Gasteiger partial charge in [0.05, 0.1) is 11.9 Å². The molecule has 1 saturated carbocycles. The molecule has 0 saturated heterocycles. The van der Waals surface area contributed by atoms with Crippen LogP contribution in [-0.2, 0) is 11.3 Å². The molecule has 4 rings (SSSR count). The Bertz CT molecular complexity index is 1120. The molecule has 6 nitrogen and oxygen atoms in total. The maximum Gasteiger partial charge on any atom is 0.234 e. The molecule has 33 heavy (non-hydrogen) atoms. The number of aromatic nitrogens is 3. The van der Waals surface area contributed by atoms with Crippen molar-refractivity contribution in [2.45, 2.75) is 57.3 Å². The highest BCUT2D eigenvalue weighted by Gasteiger charge is 2.18. The van der Waals surface area contributed by atoms with Crippen LogP contribution in [0.4, 0.5) is 5.69 Å². The molecule has 0 atom stereocenters. The minimum Gasteiger partial charge on any atom is -0.490 e. The summed E-state index contributed by atoms with van der Waals surface area (Å²) in [6.07, 6.45) is 6.90. The van der Waals surface area contributed by atoms with Crippen LogP contribution in [0.15, 0.2) is 60.3 Å². The van der Waals surface area contributed by atoms with Gasteiger partial charge in [-0.05, 0) is 81.0 Å². The number of ether oxygens (including phenoxy) is 1. The first-order valence-corrected chi connectivity index (χ1v) is 12.3. The van der Waals surface area contributed by atoms with Crippen molar-refractivity contribution in [3.63, 3.8) is 0 Å². The summed E-state index contributed by atoms with van der Waals surface area (Å²) >= 11 is 1.37. The van der Waals surface area contributed by atoms with E-state index in [4.69, 9.17) is 4.74 Å². The van der Waals surface area contributed by atoms with Gasteiger partial charge in [0.1, 0.15) is 5.75 Å². The maximum atomic E-state index is 12.6. The van der Waals surface area contributed by atoms with E-state index in [1.807, 2.05) is 67.0 Å². The van der Waals surface area contributed by atoms with E-state index in [-0.39, 0.29) is 11.7 Å². The van der Waals surface area contributed by atoms with Crippen molar-refractivity contribution in [1.82, 2.24) is 14.8 Å². The molecule has 1 aliphatic carbocycles. The van der Waals surface area contributed by atoms with Crippen molar-refractivity contribution in [3.05, 3.63) is 66.2 Å². The number of amides is 1. The molecule has 0 unspecified atom stereocenters. The lowest BCUT2D eigenvalue weighted by molar-refractivity contribution is -0.113. The van der Waals surface area contributed by atoms with Crippen molar-refractivity contribution in [1.29, 1.82) is 0 Å². The Morgan fingerprint density at radius 3 is 2.67 bits per heavy atom. The van der Waals surface area contributed by atoms with E-state index in [0.29, 0.717) is 17.8 Å². The first-order valence-electron chi connectivity index (χ1n) is 11.3. The molecule has 0 bridgehead atoms. The number of benzene rings is 2. The van der Waals surface area contributed by atoms with E-state index >= 15 is 0 Å². The quantitative estimate of drug-likeness (QED) is 0.321. The van der Waals surface area contributed by atoms with Crippen molar-refractivity contribution in [2.24, 2.45) is 0 Å². The van der Waals surface area contributed by atoms with Gasteiger partial charge in [-0.3, -0.25) is 9.36 Å². The van der Waals surface area contributed by atoms with E-state index in [2.05, 4.69) is 22.1 Å². The molecule has 7 heteroatoms. The fourth-order valence-electron chi connectivity index (χ4n) is 3.97. The predicted molar refractivity (Wildman–Crippen MR) is 134 cm³/mol. The zero-order chi connectivity index (χ0) is 23.2. The lowest BCUT2D eigenvalue weighted by Gasteiger charge is -2.13. The zero-order valence-corrected chi connectivity index (χ0v) is 20.0. The number of hydrogen-bond acceptors (Lipinski definition) is 5. The molecule has 1 N–H and O–H groups in total. The van der Waals surface area contributed by atoms with Crippen LogP contribution in [0.2, 0.25) is 0 Å². The predicted octanol–water partition coefficient (Wildman–Crippen LogP) is 5.80. The molecular weight excluding hydrogens is 432 g/mol. The molecule has 1 aliphatic rings. The summed E-state index contributed by atoms with van der Waals surface area (Å²) in [5, 5.41) is 12.4. The van der Waals surface area contributed by atoms with Crippen molar-refractivity contribution in [2.75, 3.05) is 11.1 Å². The smallest absolute Gasteiger partial charge is 0.234 e. The molecule has 0 spiro atoms. The number of carbonyl (C=O) groups is 1. The highest BCUT2D eigenvalue weighted by atomic mass is 32.2. The highest BCUT2D eigenvalue weighted by Crippen LogP contribution is 2.28. The van der Waals surface area contributed by atoms with Gasteiger partial charge in [-0.2, -0.15) is 0 Å². The van der Waals surface area contributed by atoms with Gasteiger partial charge in [-0.15, -0.1) is 16.8 Å². The summed E-state index contributed by atoms with van der Waals surface area (Å²) in [5.41, 5.74) is 3.94. The number of anilines is 1. The lowest BCUT2D eigenvalue weighted by Crippen LogP contribution is -2.15. The van der Waals surface area contributed by atoms with Crippen LogP contribution in [0.5, 0.6) is 5.75 Å². The monoisotopic (exact) mass is 462 g/mol. The van der Waals surface area contributed by atoms with E-state index in [9.17, 15) is 4.79 Å². The summed E-state index contributed by atoms with van der Waals surface area (Å²) in [5.74, 6) is 1.81. The summed E-state index contributed by atoms with van der Waals surface area (Å²) in [6, 6.07) is 14.0. The Kier molecular flexibility index (Phi) is 7.50. The largest absolute Gasteiger partial charge is 0.490 e. The summed E-state index contributed by atoms with van der Waals surface area (Å²) < 4.78 is 8.05. The fraction of sp³-hybridized carbons (Fsp3) is 0.346. The van der Waals surface area contributed by atoms with Gasteiger partial charge in [0.15, 0.2) is 11.0 Å². The first-order chi connectivity index (χ1) is 16.0.